The lowest BCUT2D eigenvalue weighted by Crippen LogP contribution is -2.35. The molecule has 2 N–H and O–H groups in total. The number of ether oxygens (including phenoxy) is 1. The summed E-state index contributed by atoms with van der Waals surface area (Å²) in [5, 5.41) is 5.67. The first-order valence-electron chi connectivity index (χ1n) is 14.4. The highest BCUT2D eigenvalue weighted by Crippen LogP contribution is 2.33. The highest BCUT2D eigenvalue weighted by Gasteiger charge is 2.26. The van der Waals surface area contributed by atoms with Crippen molar-refractivity contribution in [3.63, 3.8) is 0 Å². The number of methoxy groups -OCH3 is 1. The number of hydrogen-bond acceptors (Lipinski definition) is 9. The van der Waals surface area contributed by atoms with Gasteiger partial charge in [-0.1, -0.05) is 13.3 Å². The summed E-state index contributed by atoms with van der Waals surface area (Å²) in [6.07, 6.45) is 10.5. The van der Waals surface area contributed by atoms with E-state index in [1.807, 2.05) is 17.0 Å². The van der Waals surface area contributed by atoms with Crippen molar-refractivity contribution in [3.05, 3.63) is 65.9 Å². The molecule has 226 valence electrons. The third-order valence-electron chi connectivity index (χ3n) is 7.49. The number of aromatic nitrogens is 5. The molecule has 0 unspecified atom stereocenters. The summed E-state index contributed by atoms with van der Waals surface area (Å²) < 4.78 is 36.7. The Bertz CT molecular complexity index is 1590. The van der Waals surface area contributed by atoms with Crippen molar-refractivity contribution in [1.82, 2.24) is 29.8 Å². The molecular weight excluding hydrogens is 558 g/mol. The van der Waals surface area contributed by atoms with E-state index in [1.165, 1.54) is 31.8 Å². The molecular formula is C30H34F2N8O3. The van der Waals surface area contributed by atoms with Gasteiger partial charge >= 0.3 is 5.97 Å². The van der Waals surface area contributed by atoms with Crippen molar-refractivity contribution in [2.45, 2.75) is 51.5 Å². The van der Waals surface area contributed by atoms with Gasteiger partial charge in [0.05, 0.1) is 18.2 Å². The highest BCUT2D eigenvalue weighted by molar-refractivity contribution is 5.95. The van der Waals surface area contributed by atoms with Crippen LogP contribution >= 0.6 is 0 Å². The molecule has 0 spiro atoms. The average molecular weight is 593 g/mol. The molecule has 5 rings (SSSR count). The fourth-order valence-corrected chi connectivity index (χ4v) is 5.21. The Morgan fingerprint density at radius 2 is 1.84 bits per heavy atom. The van der Waals surface area contributed by atoms with Crippen LogP contribution in [0.1, 0.15) is 61.0 Å². The van der Waals surface area contributed by atoms with Crippen molar-refractivity contribution >= 4 is 40.4 Å². The number of benzene rings is 1. The Hall–Kier alpha value is -4.68. The lowest BCUT2D eigenvalue weighted by molar-refractivity contribution is -0.140. The Morgan fingerprint density at radius 3 is 2.53 bits per heavy atom. The first-order valence-corrected chi connectivity index (χ1v) is 14.4. The number of carbonyl (C=O) groups is 2. The van der Waals surface area contributed by atoms with Crippen molar-refractivity contribution in [2.75, 3.05) is 37.0 Å². The van der Waals surface area contributed by atoms with Gasteiger partial charge in [-0.2, -0.15) is 0 Å². The minimum absolute atomic E-state index is 0.00696. The van der Waals surface area contributed by atoms with Gasteiger partial charge in [0.25, 0.3) is 5.91 Å². The van der Waals surface area contributed by atoms with Crippen LogP contribution < -0.4 is 15.5 Å². The zero-order valence-corrected chi connectivity index (χ0v) is 24.1. The molecule has 1 saturated heterocycles. The molecule has 0 atom stereocenters. The minimum atomic E-state index is -0.703. The number of rotatable bonds is 11. The minimum Gasteiger partial charge on any atom is -0.469 e. The SMILES string of the molecule is CCCc1cnc(N2CCC(n3cc(F)c4c(Nc5ccc(C(=O)NCCCC(=O)OC)cc5F)ncnc43)CC2)nc1. The molecule has 4 aromatic rings. The third kappa shape index (κ3) is 6.87. The normalized spacial score (nSPS) is 13.7. The summed E-state index contributed by atoms with van der Waals surface area (Å²) in [6.45, 7) is 3.79. The molecule has 0 saturated carbocycles. The van der Waals surface area contributed by atoms with E-state index in [0.717, 1.165) is 37.3 Å². The maximum absolute atomic E-state index is 15.3. The topological polar surface area (TPSA) is 127 Å². The van der Waals surface area contributed by atoms with Crippen LogP contribution in [0.15, 0.2) is 43.1 Å². The first-order chi connectivity index (χ1) is 20.9. The van der Waals surface area contributed by atoms with Crippen molar-refractivity contribution in [3.8, 4) is 0 Å². The molecule has 0 bridgehead atoms. The number of nitrogens with zero attached hydrogens (tertiary/aromatic N) is 6. The molecule has 13 heteroatoms. The second-order valence-corrected chi connectivity index (χ2v) is 10.4. The summed E-state index contributed by atoms with van der Waals surface area (Å²) in [5.41, 5.74) is 1.68. The quantitative estimate of drug-likeness (QED) is 0.188. The fraction of sp³-hybridized carbons (Fsp3) is 0.400. The summed E-state index contributed by atoms with van der Waals surface area (Å²) in [5.74, 6) is -1.25. The van der Waals surface area contributed by atoms with Gasteiger partial charge < -0.3 is 24.8 Å². The Labute approximate surface area is 247 Å². The van der Waals surface area contributed by atoms with E-state index in [-0.39, 0.29) is 47.4 Å². The number of hydrogen-bond donors (Lipinski definition) is 2. The van der Waals surface area contributed by atoms with Crippen LogP contribution in [0.3, 0.4) is 0 Å². The smallest absolute Gasteiger partial charge is 0.305 e. The standard InChI is InChI=1S/C30H34F2N8O3/c1-3-5-19-15-34-30(35-16-19)39-12-9-21(10-13-39)40-17-23(32)26-27(36-18-37-28(26)40)38-24-8-7-20(14-22(24)31)29(42)33-11-4-6-25(41)43-2/h7-8,14-18,21H,3-6,9-13H2,1-2H3,(H,33,42)(H,36,37,38). The van der Waals surface area contributed by atoms with Crippen LogP contribution in [0.2, 0.25) is 0 Å². The fourth-order valence-electron chi connectivity index (χ4n) is 5.21. The van der Waals surface area contributed by atoms with Crippen LogP contribution in [0, 0.1) is 11.6 Å². The molecule has 11 nitrogen and oxygen atoms in total. The predicted molar refractivity (Wildman–Crippen MR) is 157 cm³/mol. The van der Waals surface area contributed by atoms with Crippen molar-refractivity contribution in [1.29, 1.82) is 0 Å². The highest BCUT2D eigenvalue weighted by atomic mass is 19.1. The van der Waals surface area contributed by atoms with Gasteiger partial charge in [-0.25, -0.2) is 28.7 Å². The van der Waals surface area contributed by atoms with E-state index >= 15 is 8.78 Å². The summed E-state index contributed by atoms with van der Waals surface area (Å²) in [7, 11) is 1.30. The molecule has 0 aliphatic carbocycles. The van der Waals surface area contributed by atoms with Crippen LogP contribution in [-0.4, -0.2) is 63.1 Å². The van der Waals surface area contributed by atoms with E-state index in [2.05, 4.69) is 47.1 Å². The van der Waals surface area contributed by atoms with E-state index in [4.69, 9.17) is 0 Å². The largest absolute Gasteiger partial charge is 0.469 e. The number of halogens is 2. The Balaban J connectivity index is 1.25. The maximum atomic E-state index is 15.3. The predicted octanol–water partition coefficient (Wildman–Crippen LogP) is 4.72. The molecule has 1 fully saturated rings. The third-order valence-corrected chi connectivity index (χ3v) is 7.49. The summed E-state index contributed by atoms with van der Waals surface area (Å²) in [4.78, 5) is 43.3. The first kappa shape index (κ1) is 29.8. The molecule has 1 aliphatic heterocycles. The maximum Gasteiger partial charge on any atom is 0.305 e. The van der Waals surface area contributed by atoms with E-state index in [9.17, 15) is 9.59 Å². The van der Waals surface area contributed by atoms with E-state index in [0.29, 0.717) is 31.1 Å². The number of amides is 1. The molecule has 43 heavy (non-hydrogen) atoms. The van der Waals surface area contributed by atoms with E-state index in [1.54, 1.807) is 0 Å². The zero-order chi connectivity index (χ0) is 30.3. The number of nitrogens with one attached hydrogen (secondary N) is 2. The Kier molecular flexibility index (Phi) is 9.38. The number of anilines is 3. The van der Waals surface area contributed by atoms with Crippen molar-refractivity contribution in [2.24, 2.45) is 0 Å². The molecule has 1 aliphatic rings. The molecule has 4 heterocycles. The van der Waals surface area contributed by atoms with Crippen molar-refractivity contribution < 1.29 is 23.1 Å². The lowest BCUT2D eigenvalue weighted by atomic mass is 10.1. The number of fused-ring (bicyclic) bond motifs is 1. The van der Waals surface area contributed by atoms with Crippen LogP contribution in [-0.2, 0) is 16.0 Å². The number of carbonyl (C=O) groups excluding carboxylic acids is 2. The van der Waals surface area contributed by atoms with Crippen LogP contribution in [0.25, 0.3) is 11.0 Å². The molecule has 1 amide bonds. The van der Waals surface area contributed by atoms with Gasteiger partial charge in [0.2, 0.25) is 5.95 Å². The van der Waals surface area contributed by atoms with Gasteiger partial charge in [0.15, 0.2) is 5.82 Å². The van der Waals surface area contributed by atoms with Gasteiger partial charge in [0.1, 0.15) is 23.6 Å². The monoisotopic (exact) mass is 592 g/mol. The summed E-state index contributed by atoms with van der Waals surface area (Å²) >= 11 is 0. The van der Waals surface area contributed by atoms with Crippen LogP contribution in [0.5, 0.6) is 0 Å². The van der Waals surface area contributed by atoms with E-state index < -0.39 is 17.5 Å². The van der Waals surface area contributed by atoms with Gasteiger partial charge in [-0.05, 0) is 49.4 Å². The number of piperidine rings is 1. The number of aryl methyl sites for hydroxylation is 1. The molecule has 1 aromatic carbocycles. The lowest BCUT2D eigenvalue weighted by Gasteiger charge is -2.32. The Morgan fingerprint density at radius 1 is 1.07 bits per heavy atom. The molecule has 3 aromatic heterocycles. The van der Waals surface area contributed by atoms with Gasteiger partial charge in [-0.3, -0.25) is 9.59 Å². The van der Waals surface area contributed by atoms with Gasteiger partial charge in [-0.15, -0.1) is 0 Å². The molecule has 0 radical (unpaired) electrons. The number of esters is 1. The second kappa shape index (κ2) is 13.5. The van der Waals surface area contributed by atoms with Gasteiger partial charge in [0, 0.05) is 56.3 Å². The van der Waals surface area contributed by atoms with Crippen LogP contribution in [0.4, 0.5) is 26.2 Å². The average Bonchev–Trinajstić information content (AvgIpc) is 3.37. The summed E-state index contributed by atoms with van der Waals surface area (Å²) in [6, 6.07) is 3.95. The zero-order valence-electron chi connectivity index (χ0n) is 24.1. The second-order valence-electron chi connectivity index (χ2n) is 10.4.